The number of benzene rings is 3. The zero-order chi connectivity index (χ0) is 24.7. The van der Waals surface area contributed by atoms with E-state index in [0.29, 0.717) is 30.3 Å². The molecule has 0 radical (unpaired) electrons. The van der Waals surface area contributed by atoms with Gasteiger partial charge in [0.15, 0.2) is 11.5 Å². The van der Waals surface area contributed by atoms with Gasteiger partial charge in [0.05, 0.1) is 19.9 Å². The number of rotatable bonds is 7. The number of carbonyl (C=O) groups is 1. The number of aromatic amines is 1. The molecule has 0 unspecified atom stereocenters. The highest BCUT2D eigenvalue weighted by molar-refractivity contribution is 6.11. The van der Waals surface area contributed by atoms with Crippen molar-refractivity contribution in [2.24, 2.45) is 0 Å². The molecule has 1 aliphatic heterocycles. The summed E-state index contributed by atoms with van der Waals surface area (Å²) in [5, 5.41) is 3.17. The minimum Gasteiger partial charge on any atom is -0.496 e. The molecule has 0 atom stereocenters. The highest BCUT2D eigenvalue weighted by Crippen LogP contribution is 2.42. The molecule has 0 saturated carbocycles. The minimum atomic E-state index is -0.0658. The van der Waals surface area contributed by atoms with E-state index >= 15 is 0 Å². The highest BCUT2D eigenvalue weighted by atomic mass is 16.5. The standard InChI is InChI=1S/C28H31N3O4/c1-17-7-6-8-20-24(33-4)16-23-19(27(17)20)9-10-31(23)28(32)22-13-18-14-26(35-12-11-30(2)3)25(34-5)15-21(18)29-22/h6-8,13-16,29H,9-12H2,1-5H3. The Hall–Kier alpha value is -3.71. The Morgan fingerprint density at radius 3 is 2.60 bits per heavy atom. The normalized spacial score (nSPS) is 13.0. The Labute approximate surface area is 205 Å². The van der Waals surface area contributed by atoms with Crippen molar-refractivity contribution in [1.29, 1.82) is 0 Å². The van der Waals surface area contributed by atoms with Crippen molar-refractivity contribution in [3.05, 3.63) is 59.3 Å². The molecule has 5 rings (SSSR count). The van der Waals surface area contributed by atoms with Crippen LogP contribution in [0.2, 0.25) is 0 Å². The van der Waals surface area contributed by atoms with Gasteiger partial charge in [0.25, 0.3) is 5.91 Å². The number of fused-ring (bicyclic) bond motifs is 4. The van der Waals surface area contributed by atoms with E-state index < -0.39 is 0 Å². The van der Waals surface area contributed by atoms with Crippen molar-refractivity contribution in [3.63, 3.8) is 0 Å². The second-order valence-electron chi connectivity index (χ2n) is 9.21. The topological polar surface area (TPSA) is 67.0 Å². The average Bonchev–Trinajstić information content (AvgIpc) is 3.46. The summed E-state index contributed by atoms with van der Waals surface area (Å²) >= 11 is 0. The number of likely N-dealkylation sites (N-methyl/N-ethyl adjacent to an activating group) is 1. The van der Waals surface area contributed by atoms with Gasteiger partial charge in [-0.3, -0.25) is 4.79 Å². The van der Waals surface area contributed by atoms with Gasteiger partial charge in [-0.15, -0.1) is 0 Å². The summed E-state index contributed by atoms with van der Waals surface area (Å²) in [4.78, 5) is 20.9. The molecule has 1 aliphatic rings. The lowest BCUT2D eigenvalue weighted by Crippen LogP contribution is -2.29. The average molecular weight is 474 g/mol. The number of ether oxygens (including phenoxy) is 3. The molecule has 1 N–H and O–H groups in total. The SMILES string of the molecule is COc1cc2[nH]c(C(=O)N3CCc4c3cc(OC)c3cccc(C)c43)cc2cc1OCCN(C)C. The lowest BCUT2D eigenvalue weighted by atomic mass is 9.97. The first-order valence-electron chi connectivity index (χ1n) is 11.8. The van der Waals surface area contributed by atoms with Gasteiger partial charge in [-0.2, -0.15) is 0 Å². The van der Waals surface area contributed by atoms with Crippen LogP contribution in [0.3, 0.4) is 0 Å². The molecule has 1 amide bonds. The quantitative estimate of drug-likeness (QED) is 0.418. The molecule has 7 nitrogen and oxygen atoms in total. The van der Waals surface area contributed by atoms with E-state index in [4.69, 9.17) is 14.2 Å². The van der Waals surface area contributed by atoms with Crippen LogP contribution < -0.4 is 19.1 Å². The summed E-state index contributed by atoms with van der Waals surface area (Å²) < 4.78 is 17.2. The fourth-order valence-electron chi connectivity index (χ4n) is 4.92. The van der Waals surface area contributed by atoms with E-state index in [9.17, 15) is 4.79 Å². The van der Waals surface area contributed by atoms with Crippen molar-refractivity contribution in [3.8, 4) is 17.2 Å². The molecule has 0 saturated heterocycles. The Kier molecular flexibility index (Phi) is 6.03. The fourth-order valence-corrected chi connectivity index (χ4v) is 4.92. The summed E-state index contributed by atoms with van der Waals surface area (Å²) in [6.45, 7) is 4.08. The van der Waals surface area contributed by atoms with E-state index in [-0.39, 0.29) is 5.91 Å². The molecule has 35 heavy (non-hydrogen) atoms. The van der Waals surface area contributed by atoms with E-state index in [2.05, 4.69) is 28.9 Å². The molecule has 0 spiro atoms. The number of aryl methyl sites for hydroxylation is 1. The molecule has 0 fully saturated rings. The molecule has 1 aromatic heterocycles. The first-order valence-corrected chi connectivity index (χ1v) is 11.8. The summed E-state index contributed by atoms with van der Waals surface area (Å²) in [6, 6.07) is 13.9. The molecule has 2 heterocycles. The van der Waals surface area contributed by atoms with Crippen LogP contribution in [0.15, 0.2) is 42.5 Å². The summed E-state index contributed by atoms with van der Waals surface area (Å²) in [5.74, 6) is 2.01. The molecular weight excluding hydrogens is 442 g/mol. The molecule has 3 aromatic carbocycles. The van der Waals surface area contributed by atoms with Crippen LogP contribution >= 0.6 is 0 Å². The number of hydrogen-bond donors (Lipinski definition) is 1. The predicted molar refractivity (Wildman–Crippen MR) is 140 cm³/mol. The van der Waals surface area contributed by atoms with Gasteiger partial charge in [-0.25, -0.2) is 0 Å². The largest absolute Gasteiger partial charge is 0.496 e. The van der Waals surface area contributed by atoms with Crippen LogP contribution in [0.4, 0.5) is 5.69 Å². The first-order chi connectivity index (χ1) is 16.9. The fraction of sp³-hybridized carbons (Fsp3) is 0.321. The maximum absolute atomic E-state index is 13.7. The molecule has 7 heteroatoms. The third-order valence-electron chi connectivity index (χ3n) is 6.69. The maximum Gasteiger partial charge on any atom is 0.274 e. The first kappa shape index (κ1) is 23.1. The number of anilines is 1. The van der Waals surface area contributed by atoms with Crippen LogP contribution in [-0.2, 0) is 6.42 Å². The predicted octanol–water partition coefficient (Wildman–Crippen LogP) is 4.79. The Morgan fingerprint density at radius 1 is 1.06 bits per heavy atom. The number of aromatic nitrogens is 1. The molecule has 0 bridgehead atoms. The summed E-state index contributed by atoms with van der Waals surface area (Å²) in [6.07, 6.45) is 0.810. The number of hydrogen-bond acceptors (Lipinski definition) is 5. The highest BCUT2D eigenvalue weighted by Gasteiger charge is 2.30. The summed E-state index contributed by atoms with van der Waals surface area (Å²) in [7, 11) is 7.30. The second-order valence-corrected chi connectivity index (χ2v) is 9.21. The van der Waals surface area contributed by atoms with Gasteiger partial charge in [0, 0.05) is 41.5 Å². The van der Waals surface area contributed by atoms with E-state index in [1.165, 1.54) is 16.5 Å². The summed E-state index contributed by atoms with van der Waals surface area (Å²) in [5.41, 5.74) is 4.66. The van der Waals surface area contributed by atoms with Crippen molar-refractivity contribution in [2.75, 3.05) is 52.9 Å². The van der Waals surface area contributed by atoms with Gasteiger partial charge in [0.1, 0.15) is 18.1 Å². The third-order valence-corrected chi connectivity index (χ3v) is 6.69. The molecular formula is C28H31N3O4. The van der Waals surface area contributed by atoms with E-state index in [0.717, 1.165) is 40.7 Å². The van der Waals surface area contributed by atoms with Crippen molar-refractivity contribution < 1.29 is 19.0 Å². The lowest BCUT2D eigenvalue weighted by molar-refractivity contribution is 0.0985. The second kappa shape index (κ2) is 9.15. The smallest absolute Gasteiger partial charge is 0.274 e. The number of H-pyrrole nitrogens is 1. The van der Waals surface area contributed by atoms with Crippen molar-refractivity contribution in [2.45, 2.75) is 13.3 Å². The third kappa shape index (κ3) is 4.06. The Bertz CT molecular complexity index is 1420. The van der Waals surface area contributed by atoms with Crippen molar-refractivity contribution >= 4 is 33.3 Å². The number of nitrogens with zero attached hydrogens (tertiary/aromatic N) is 2. The number of nitrogens with one attached hydrogen (secondary N) is 1. The zero-order valence-electron chi connectivity index (χ0n) is 20.9. The van der Waals surface area contributed by atoms with Gasteiger partial charge < -0.3 is 29.0 Å². The van der Waals surface area contributed by atoms with Crippen LogP contribution in [0.1, 0.15) is 21.6 Å². The molecule has 0 aliphatic carbocycles. The minimum absolute atomic E-state index is 0.0658. The van der Waals surface area contributed by atoms with Gasteiger partial charge in [-0.05, 0) is 56.1 Å². The molecule has 4 aromatic rings. The van der Waals surface area contributed by atoms with Crippen molar-refractivity contribution in [1.82, 2.24) is 9.88 Å². The van der Waals surface area contributed by atoms with E-state index in [1.807, 2.05) is 49.3 Å². The van der Waals surface area contributed by atoms with Crippen LogP contribution in [0.25, 0.3) is 21.7 Å². The Balaban J connectivity index is 1.50. The number of methoxy groups -OCH3 is 2. The van der Waals surface area contributed by atoms with Gasteiger partial charge in [0.2, 0.25) is 0 Å². The van der Waals surface area contributed by atoms with Crippen LogP contribution in [0, 0.1) is 6.92 Å². The van der Waals surface area contributed by atoms with Crippen LogP contribution in [0.5, 0.6) is 17.2 Å². The van der Waals surface area contributed by atoms with E-state index in [1.54, 1.807) is 14.2 Å². The van der Waals surface area contributed by atoms with Crippen LogP contribution in [-0.4, -0.2) is 63.8 Å². The lowest BCUT2D eigenvalue weighted by Gasteiger charge is -2.19. The van der Waals surface area contributed by atoms with Gasteiger partial charge in [-0.1, -0.05) is 18.2 Å². The number of amides is 1. The monoisotopic (exact) mass is 473 g/mol. The number of carbonyl (C=O) groups excluding carboxylic acids is 1. The zero-order valence-corrected chi connectivity index (χ0v) is 20.9. The molecule has 182 valence electrons. The van der Waals surface area contributed by atoms with Gasteiger partial charge >= 0.3 is 0 Å². The Morgan fingerprint density at radius 2 is 1.86 bits per heavy atom. The maximum atomic E-state index is 13.7.